The van der Waals surface area contributed by atoms with E-state index in [1.54, 1.807) is 0 Å². The Labute approximate surface area is 107 Å². The van der Waals surface area contributed by atoms with Crippen molar-refractivity contribution in [3.8, 4) is 0 Å². The molecule has 0 aromatic heterocycles. The highest BCUT2D eigenvalue weighted by Gasteiger charge is 2.49. The molecule has 19 heavy (non-hydrogen) atoms. The smallest absolute Gasteiger partial charge is 0.465 e. The SMILES string of the molecule is CC1C=C(OS(=O)(=O)C(F)(F)F)CC(C)N1C(=O)O. The summed E-state index contributed by atoms with van der Waals surface area (Å²) < 4.78 is 62.1. The zero-order valence-corrected chi connectivity index (χ0v) is 10.8. The van der Waals surface area contributed by atoms with Gasteiger partial charge in [-0.1, -0.05) is 0 Å². The average molecular weight is 303 g/mol. The van der Waals surface area contributed by atoms with Gasteiger partial charge in [0.25, 0.3) is 0 Å². The maximum absolute atomic E-state index is 12.1. The predicted octanol–water partition coefficient (Wildman–Crippen LogP) is 1.90. The lowest BCUT2D eigenvalue weighted by Gasteiger charge is -2.35. The minimum Gasteiger partial charge on any atom is -0.465 e. The van der Waals surface area contributed by atoms with E-state index in [4.69, 9.17) is 5.11 Å². The lowest BCUT2D eigenvalue weighted by atomic mass is 10.0. The monoisotopic (exact) mass is 303 g/mol. The van der Waals surface area contributed by atoms with Gasteiger partial charge in [0.15, 0.2) is 0 Å². The van der Waals surface area contributed by atoms with E-state index in [-0.39, 0.29) is 6.42 Å². The highest BCUT2D eigenvalue weighted by atomic mass is 32.2. The van der Waals surface area contributed by atoms with Crippen LogP contribution in [0, 0.1) is 0 Å². The zero-order valence-electron chi connectivity index (χ0n) is 10.0. The van der Waals surface area contributed by atoms with E-state index < -0.39 is 39.6 Å². The normalized spacial score (nSPS) is 24.9. The van der Waals surface area contributed by atoms with Gasteiger partial charge in [-0.3, -0.25) is 4.90 Å². The fourth-order valence-corrected chi connectivity index (χ4v) is 2.32. The maximum Gasteiger partial charge on any atom is 0.534 e. The van der Waals surface area contributed by atoms with Crippen LogP contribution in [0.4, 0.5) is 18.0 Å². The van der Waals surface area contributed by atoms with Crippen LogP contribution >= 0.6 is 0 Å². The molecule has 1 rings (SSSR count). The molecule has 0 aliphatic carbocycles. The summed E-state index contributed by atoms with van der Waals surface area (Å²) in [4.78, 5) is 11.9. The molecule has 0 bridgehead atoms. The standard InChI is InChI=1S/C9H12F3NO5S/c1-5-3-7(4-6(2)13(5)8(14)15)18-19(16,17)9(10,11)12/h3,5-6H,4H2,1-2H3,(H,14,15). The van der Waals surface area contributed by atoms with Gasteiger partial charge in [0.2, 0.25) is 0 Å². The number of carboxylic acid groups (broad SMARTS) is 1. The van der Waals surface area contributed by atoms with Crippen LogP contribution in [0.1, 0.15) is 20.3 Å². The molecule has 0 radical (unpaired) electrons. The Morgan fingerprint density at radius 3 is 2.37 bits per heavy atom. The fourth-order valence-electron chi connectivity index (χ4n) is 1.82. The van der Waals surface area contributed by atoms with Crippen LogP contribution in [0.5, 0.6) is 0 Å². The van der Waals surface area contributed by atoms with Crippen LogP contribution in [0.3, 0.4) is 0 Å². The molecule has 1 heterocycles. The second kappa shape index (κ2) is 4.91. The summed E-state index contributed by atoms with van der Waals surface area (Å²) in [5.74, 6) is -0.408. The Bertz CT molecular complexity index is 498. The van der Waals surface area contributed by atoms with Crippen molar-refractivity contribution in [3.63, 3.8) is 0 Å². The molecule has 6 nitrogen and oxygen atoms in total. The quantitative estimate of drug-likeness (QED) is 0.622. The first-order valence-corrected chi connectivity index (χ1v) is 6.59. The van der Waals surface area contributed by atoms with E-state index in [1.165, 1.54) is 13.8 Å². The molecular formula is C9H12F3NO5S. The summed E-state index contributed by atoms with van der Waals surface area (Å²) in [6.45, 7) is 2.86. The number of carbonyl (C=O) groups is 1. The van der Waals surface area contributed by atoms with Gasteiger partial charge in [0.05, 0.1) is 6.04 Å². The Morgan fingerprint density at radius 2 is 2.00 bits per heavy atom. The lowest BCUT2D eigenvalue weighted by Crippen LogP contribution is -2.46. The van der Waals surface area contributed by atoms with Gasteiger partial charge in [-0.05, 0) is 19.9 Å². The summed E-state index contributed by atoms with van der Waals surface area (Å²) in [7, 11) is -5.72. The van der Waals surface area contributed by atoms with Gasteiger partial charge in [0.1, 0.15) is 5.76 Å². The molecule has 0 aromatic rings. The molecule has 1 aliphatic rings. The molecule has 1 aliphatic heterocycles. The van der Waals surface area contributed by atoms with Gasteiger partial charge < -0.3 is 9.29 Å². The molecule has 0 aromatic carbocycles. The maximum atomic E-state index is 12.1. The third kappa shape index (κ3) is 3.31. The van der Waals surface area contributed by atoms with Gasteiger partial charge in [-0.15, -0.1) is 0 Å². The molecule has 2 unspecified atom stereocenters. The first-order chi connectivity index (χ1) is 8.45. The summed E-state index contributed by atoms with van der Waals surface area (Å²) in [6, 6.07) is -1.46. The molecule has 0 saturated heterocycles. The Kier molecular flexibility index (Phi) is 4.03. The molecule has 0 spiro atoms. The average Bonchev–Trinajstić information content (AvgIpc) is 2.12. The number of amides is 1. The molecule has 10 heteroatoms. The van der Waals surface area contributed by atoms with Crippen LogP contribution in [0.25, 0.3) is 0 Å². The van der Waals surface area contributed by atoms with Gasteiger partial charge >= 0.3 is 21.7 Å². The van der Waals surface area contributed by atoms with Crippen molar-refractivity contribution >= 4 is 16.2 Å². The van der Waals surface area contributed by atoms with Crippen LogP contribution in [0.2, 0.25) is 0 Å². The summed E-state index contributed by atoms with van der Waals surface area (Å²) in [5.41, 5.74) is -5.51. The molecule has 1 N–H and O–H groups in total. The van der Waals surface area contributed by atoms with Crippen molar-refractivity contribution in [1.82, 2.24) is 4.90 Å². The van der Waals surface area contributed by atoms with Gasteiger partial charge in [-0.25, -0.2) is 4.79 Å². The number of halogens is 3. The molecule has 1 amide bonds. The van der Waals surface area contributed by atoms with E-state index in [1.807, 2.05) is 0 Å². The molecule has 110 valence electrons. The number of hydrogen-bond donors (Lipinski definition) is 1. The van der Waals surface area contributed by atoms with Crippen molar-refractivity contribution in [2.75, 3.05) is 0 Å². The third-order valence-electron chi connectivity index (χ3n) is 2.56. The number of alkyl halides is 3. The van der Waals surface area contributed by atoms with E-state index in [0.717, 1.165) is 11.0 Å². The van der Waals surface area contributed by atoms with Crippen molar-refractivity contribution in [2.45, 2.75) is 37.9 Å². The number of hydrogen-bond acceptors (Lipinski definition) is 4. The first-order valence-electron chi connectivity index (χ1n) is 5.18. The first kappa shape index (κ1) is 15.6. The Morgan fingerprint density at radius 1 is 1.47 bits per heavy atom. The lowest BCUT2D eigenvalue weighted by molar-refractivity contribution is -0.0527. The highest BCUT2D eigenvalue weighted by molar-refractivity contribution is 7.87. The minimum atomic E-state index is -5.72. The summed E-state index contributed by atoms with van der Waals surface area (Å²) in [5, 5.41) is 8.88. The second-order valence-corrected chi connectivity index (χ2v) is 5.64. The van der Waals surface area contributed by atoms with Crippen molar-refractivity contribution in [1.29, 1.82) is 0 Å². The third-order valence-corrected chi connectivity index (χ3v) is 3.56. The molecule has 0 saturated carbocycles. The number of rotatable bonds is 2. The van der Waals surface area contributed by atoms with E-state index >= 15 is 0 Å². The largest absolute Gasteiger partial charge is 0.534 e. The fraction of sp³-hybridized carbons (Fsp3) is 0.667. The van der Waals surface area contributed by atoms with Gasteiger partial charge in [-0.2, -0.15) is 21.6 Å². The van der Waals surface area contributed by atoms with Gasteiger partial charge in [0, 0.05) is 12.5 Å². The van der Waals surface area contributed by atoms with E-state index in [2.05, 4.69) is 4.18 Å². The Hall–Kier alpha value is -1.45. The minimum absolute atomic E-state index is 0.244. The zero-order chi connectivity index (χ0) is 15.0. The topological polar surface area (TPSA) is 83.9 Å². The Balaban J connectivity index is 2.95. The van der Waals surface area contributed by atoms with Crippen LogP contribution in [-0.4, -0.2) is 42.1 Å². The van der Waals surface area contributed by atoms with Crippen molar-refractivity contribution < 1.29 is 35.7 Å². The van der Waals surface area contributed by atoms with E-state index in [9.17, 15) is 26.4 Å². The molecule has 0 fully saturated rings. The second-order valence-electron chi connectivity index (χ2n) is 4.10. The molecule has 2 atom stereocenters. The van der Waals surface area contributed by atoms with Crippen LogP contribution in [0.15, 0.2) is 11.8 Å². The van der Waals surface area contributed by atoms with Crippen molar-refractivity contribution in [3.05, 3.63) is 11.8 Å². The predicted molar refractivity (Wildman–Crippen MR) is 57.5 cm³/mol. The van der Waals surface area contributed by atoms with Crippen LogP contribution < -0.4 is 0 Å². The van der Waals surface area contributed by atoms with E-state index in [0.29, 0.717) is 0 Å². The summed E-state index contributed by atoms with van der Waals surface area (Å²) >= 11 is 0. The van der Waals surface area contributed by atoms with Crippen molar-refractivity contribution in [2.24, 2.45) is 0 Å². The number of nitrogens with zero attached hydrogens (tertiary/aromatic N) is 1. The van der Waals surface area contributed by atoms with Crippen LogP contribution in [-0.2, 0) is 14.3 Å². The molecular weight excluding hydrogens is 291 g/mol. The highest BCUT2D eigenvalue weighted by Crippen LogP contribution is 2.30. The summed E-state index contributed by atoms with van der Waals surface area (Å²) in [6.07, 6.45) is -0.447.